The van der Waals surface area contributed by atoms with Gasteiger partial charge in [-0.1, -0.05) is 17.7 Å². The van der Waals surface area contributed by atoms with Gasteiger partial charge in [0, 0.05) is 29.3 Å². The fraction of sp³-hybridized carbons (Fsp3) is 0.412. The summed E-state index contributed by atoms with van der Waals surface area (Å²) < 4.78 is 5.97. The summed E-state index contributed by atoms with van der Waals surface area (Å²) in [5.74, 6) is 1.06. The summed E-state index contributed by atoms with van der Waals surface area (Å²) in [6.45, 7) is 8.34. The first-order valence-corrected chi connectivity index (χ1v) is 7.96. The van der Waals surface area contributed by atoms with Crippen molar-refractivity contribution < 1.29 is 4.74 Å². The highest BCUT2D eigenvalue weighted by atomic mass is 32.1. The first-order valence-electron chi connectivity index (χ1n) is 7.14. The summed E-state index contributed by atoms with van der Waals surface area (Å²) in [5, 5.41) is 3.52. The van der Waals surface area contributed by atoms with Crippen LogP contribution < -0.4 is 10.1 Å². The fourth-order valence-corrected chi connectivity index (χ4v) is 3.68. The quantitative estimate of drug-likeness (QED) is 0.924. The SMILES string of the molecule is Cc1ccc2c(c1)CC(CNCc1cc(C)c(C)s1)O2. The Morgan fingerprint density at radius 2 is 2.10 bits per heavy atom. The third kappa shape index (κ3) is 2.89. The van der Waals surface area contributed by atoms with Gasteiger partial charge in [-0.3, -0.25) is 0 Å². The van der Waals surface area contributed by atoms with Gasteiger partial charge in [0.2, 0.25) is 0 Å². The molecule has 0 saturated heterocycles. The van der Waals surface area contributed by atoms with Crippen molar-refractivity contribution in [2.24, 2.45) is 0 Å². The Labute approximate surface area is 124 Å². The summed E-state index contributed by atoms with van der Waals surface area (Å²) >= 11 is 1.88. The van der Waals surface area contributed by atoms with E-state index >= 15 is 0 Å². The molecule has 3 heteroatoms. The number of aryl methyl sites for hydroxylation is 3. The zero-order chi connectivity index (χ0) is 14.1. The summed E-state index contributed by atoms with van der Waals surface area (Å²) in [7, 11) is 0. The zero-order valence-corrected chi connectivity index (χ0v) is 13.1. The van der Waals surface area contributed by atoms with Gasteiger partial charge in [0.1, 0.15) is 11.9 Å². The molecule has 2 aromatic rings. The van der Waals surface area contributed by atoms with Crippen molar-refractivity contribution in [3.8, 4) is 5.75 Å². The number of benzene rings is 1. The number of fused-ring (bicyclic) bond motifs is 1. The van der Waals surface area contributed by atoms with E-state index in [2.05, 4.69) is 50.4 Å². The second kappa shape index (κ2) is 5.58. The van der Waals surface area contributed by atoms with Crippen LogP contribution in [0.3, 0.4) is 0 Å². The van der Waals surface area contributed by atoms with E-state index in [1.807, 2.05) is 11.3 Å². The van der Waals surface area contributed by atoms with E-state index in [0.29, 0.717) is 0 Å². The van der Waals surface area contributed by atoms with Crippen LogP contribution in [0.1, 0.15) is 26.4 Å². The first kappa shape index (κ1) is 13.7. The van der Waals surface area contributed by atoms with Gasteiger partial charge in [-0.25, -0.2) is 0 Å². The van der Waals surface area contributed by atoms with Crippen LogP contribution in [0.2, 0.25) is 0 Å². The second-order valence-corrected chi connectivity index (χ2v) is 6.98. The predicted molar refractivity (Wildman–Crippen MR) is 84.8 cm³/mol. The van der Waals surface area contributed by atoms with Crippen molar-refractivity contribution in [3.63, 3.8) is 0 Å². The van der Waals surface area contributed by atoms with Gasteiger partial charge in [0.05, 0.1) is 0 Å². The number of rotatable bonds is 4. The minimum Gasteiger partial charge on any atom is -0.488 e. The molecule has 0 spiro atoms. The minimum atomic E-state index is 0.272. The molecule has 0 fully saturated rings. The molecule has 0 amide bonds. The average molecular weight is 287 g/mol. The Morgan fingerprint density at radius 3 is 2.85 bits per heavy atom. The molecule has 1 N–H and O–H groups in total. The van der Waals surface area contributed by atoms with E-state index in [-0.39, 0.29) is 6.10 Å². The van der Waals surface area contributed by atoms with E-state index in [4.69, 9.17) is 4.74 Å². The summed E-state index contributed by atoms with van der Waals surface area (Å²) in [6, 6.07) is 8.73. The van der Waals surface area contributed by atoms with Crippen LogP contribution in [-0.4, -0.2) is 12.6 Å². The van der Waals surface area contributed by atoms with E-state index in [1.54, 1.807) is 0 Å². The molecule has 0 aliphatic carbocycles. The average Bonchev–Trinajstić information content (AvgIpc) is 2.93. The molecule has 1 unspecified atom stereocenters. The maximum absolute atomic E-state index is 5.97. The maximum Gasteiger partial charge on any atom is 0.123 e. The number of nitrogens with one attached hydrogen (secondary N) is 1. The van der Waals surface area contributed by atoms with Crippen molar-refractivity contribution in [3.05, 3.63) is 50.7 Å². The van der Waals surface area contributed by atoms with Gasteiger partial charge in [-0.05, 0) is 44.0 Å². The highest BCUT2D eigenvalue weighted by molar-refractivity contribution is 7.12. The molecule has 3 rings (SSSR count). The Hall–Kier alpha value is -1.32. The third-order valence-electron chi connectivity index (χ3n) is 3.85. The number of thiophene rings is 1. The van der Waals surface area contributed by atoms with Crippen molar-refractivity contribution in [1.82, 2.24) is 5.32 Å². The molecule has 1 atom stereocenters. The fourth-order valence-electron chi connectivity index (χ4n) is 2.66. The van der Waals surface area contributed by atoms with Crippen LogP contribution in [0, 0.1) is 20.8 Å². The van der Waals surface area contributed by atoms with Crippen LogP contribution >= 0.6 is 11.3 Å². The molecular weight excluding hydrogens is 266 g/mol. The van der Waals surface area contributed by atoms with Gasteiger partial charge < -0.3 is 10.1 Å². The molecule has 0 bridgehead atoms. The number of hydrogen-bond donors (Lipinski definition) is 1. The van der Waals surface area contributed by atoms with Crippen molar-refractivity contribution >= 4 is 11.3 Å². The lowest BCUT2D eigenvalue weighted by atomic mass is 10.1. The molecule has 2 heterocycles. The highest BCUT2D eigenvalue weighted by Gasteiger charge is 2.22. The molecule has 0 saturated carbocycles. The molecule has 0 radical (unpaired) electrons. The number of ether oxygens (including phenoxy) is 1. The van der Waals surface area contributed by atoms with Crippen LogP contribution in [0.4, 0.5) is 0 Å². The Morgan fingerprint density at radius 1 is 1.25 bits per heavy atom. The Kier molecular flexibility index (Phi) is 3.81. The van der Waals surface area contributed by atoms with Crippen molar-refractivity contribution in [1.29, 1.82) is 0 Å². The summed E-state index contributed by atoms with van der Waals surface area (Å²) in [6.07, 6.45) is 1.29. The zero-order valence-electron chi connectivity index (χ0n) is 12.3. The van der Waals surface area contributed by atoms with Crippen molar-refractivity contribution in [2.75, 3.05) is 6.54 Å². The maximum atomic E-state index is 5.97. The molecule has 1 aliphatic heterocycles. The van der Waals surface area contributed by atoms with Gasteiger partial charge in [0.15, 0.2) is 0 Å². The van der Waals surface area contributed by atoms with Gasteiger partial charge in [-0.2, -0.15) is 0 Å². The van der Waals surface area contributed by atoms with E-state index in [0.717, 1.165) is 25.3 Å². The van der Waals surface area contributed by atoms with Crippen LogP contribution in [0.25, 0.3) is 0 Å². The lowest BCUT2D eigenvalue weighted by molar-refractivity contribution is 0.227. The first-order chi connectivity index (χ1) is 9.61. The number of hydrogen-bond acceptors (Lipinski definition) is 3. The molecule has 106 valence electrons. The topological polar surface area (TPSA) is 21.3 Å². The minimum absolute atomic E-state index is 0.272. The van der Waals surface area contributed by atoms with E-state index < -0.39 is 0 Å². The molecule has 1 aromatic heterocycles. The summed E-state index contributed by atoms with van der Waals surface area (Å²) in [4.78, 5) is 2.83. The van der Waals surface area contributed by atoms with Crippen molar-refractivity contribution in [2.45, 2.75) is 39.8 Å². The predicted octanol–water partition coefficient (Wildman–Crippen LogP) is 3.77. The highest BCUT2D eigenvalue weighted by Crippen LogP contribution is 2.29. The van der Waals surface area contributed by atoms with Gasteiger partial charge >= 0.3 is 0 Å². The second-order valence-electron chi connectivity index (χ2n) is 5.64. The standard InChI is InChI=1S/C17H21NOS/c1-11-4-5-17-14(6-11)8-15(19-17)9-18-10-16-7-12(2)13(3)20-16/h4-7,15,18H,8-10H2,1-3H3. The van der Waals surface area contributed by atoms with Crippen LogP contribution in [-0.2, 0) is 13.0 Å². The molecular formula is C17H21NOS. The van der Waals surface area contributed by atoms with Gasteiger partial charge in [0.25, 0.3) is 0 Å². The largest absolute Gasteiger partial charge is 0.488 e. The van der Waals surface area contributed by atoms with E-state index in [1.165, 1.54) is 26.4 Å². The van der Waals surface area contributed by atoms with Crippen LogP contribution in [0.5, 0.6) is 5.75 Å². The normalized spacial score (nSPS) is 17.1. The lowest BCUT2D eigenvalue weighted by Crippen LogP contribution is -2.29. The lowest BCUT2D eigenvalue weighted by Gasteiger charge is -2.11. The summed E-state index contributed by atoms with van der Waals surface area (Å²) in [5.41, 5.74) is 4.05. The van der Waals surface area contributed by atoms with Gasteiger partial charge in [-0.15, -0.1) is 11.3 Å². The monoisotopic (exact) mass is 287 g/mol. The Bertz CT molecular complexity index is 598. The van der Waals surface area contributed by atoms with Crippen LogP contribution in [0.15, 0.2) is 24.3 Å². The smallest absolute Gasteiger partial charge is 0.123 e. The third-order valence-corrected chi connectivity index (χ3v) is 5.00. The molecule has 1 aliphatic rings. The molecule has 20 heavy (non-hydrogen) atoms. The molecule has 2 nitrogen and oxygen atoms in total. The Balaban J connectivity index is 1.51. The van der Waals surface area contributed by atoms with E-state index in [9.17, 15) is 0 Å². The molecule has 1 aromatic carbocycles.